The van der Waals surface area contributed by atoms with Gasteiger partial charge in [0.1, 0.15) is 5.82 Å². The van der Waals surface area contributed by atoms with E-state index < -0.39 is 23.5 Å². The molecule has 0 saturated carbocycles. The van der Waals surface area contributed by atoms with E-state index in [0.717, 1.165) is 25.3 Å². The van der Waals surface area contributed by atoms with Gasteiger partial charge in [0.15, 0.2) is 0 Å². The van der Waals surface area contributed by atoms with Crippen molar-refractivity contribution in [3.63, 3.8) is 0 Å². The highest BCUT2D eigenvalue weighted by atomic mass is 19.4. The van der Waals surface area contributed by atoms with Gasteiger partial charge in [-0.3, -0.25) is 0 Å². The van der Waals surface area contributed by atoms with Gasteiger partial charge in [-0.1, -0.05) is 51.9 Å². The summed E-state index contributed by atoms with van der Waals surface area (Å²) in [5.74, 6) is -2.26. The molecule has 0 atom stereocenters. The first kappa shape index (κ1) is 20.5. The molecule has 0 spiro atoms. The number of rotatable bonds is 10. The van der Waals surface area contributed by atoms with Gasteiger partial charge >= 0.3 is 12.1 Å². The van der Waals surface area contributed by atoms with Gasteiger partial charge in [-0.15, -0.1) is 0 Å². The Kier molecular flexibility index (Phi) is 8.79. The SMILES string of the molecule is CCCCCCCCCCOC(=O)c1ccc(F)c(C(F)(F)F)c1. The van der Waals surface area contributed by atoms with E-state index in [9.17, 15) is 22.4 Å². The van der Waals surface area contributed by atoms with Crippen molar-refractivity contribution in [1.29, 1.82) is 0 Å². The maximum Gasteiger partial charge on any atom is 0.419 e. The Balaban J connectivity index is 2.31. The molecule has 0 bridgehead atoms. The number of unbranched alkanes of at least 4 members (excludes halogenated alkanes) is 7. The minimum atomic E-state index is -4.84. The summed E-state index contributed by atoms with van der Waals surface area (Å²) in [6, 6.07) is 2.13. The van der Waals surface area contributed by atoms with Crippen molar-refractivity contribution < 1.29 is 27.1 Å². The van der Waals surface area contributed by atoms with Crippen LogP contribution in [0.4, 0.5) is 17.6 Å². The summed E-state index contributed by atoms with van der Waals surface area (Å²) >= 11 is 0. The fourth-order valence-electron chi connectivity index (χ4n) is 2.35. The zero-order valence-electron chi connectivity index (χ0n) is 13.9. The van der Waals surface area contributed by atoms with E-state index in [4.69, 9.17) is 4.74 Å². The van der Waals surface area contributed by atoms with Crippen molar-refractivity contribution in [2.75, 3.05) is 6.61 Å². The Hall–Kier alpha value is -1.59. The van der Waals surface area contributed by atoms with Crippen LogP contribution >= 0.6 is 0 Å². The lowest BCUT2D eigenvalue weighted by Crippen LogP contribution is -2.12. The van der Waals surface area contributed by atoms with Gasteiger partial charge in [0.25, 0.3) is 0 Å². The van der Waals surface area contributed by atoms with Crippen LogP contribution in [0.15, 0.2) is 18.2 Å². The number of hydrogen-bond donors (Lipinski definition) is 0. The van der Waals surface area contributed by atoms with Gasteiger partial charge in [0.05, 0.1) is 17.7 Å². The van der Waals surface area contributed by atoms with Gasteiger partial charge in [0, 0.05) is 0 Å². The summed E-state index contributed by atoms with van der Waals surface area (Å²) in [7, 11) is 0. The molecule has 0 N–H and O–H groups in total. The molecule has 136 valence electrons. The highest BCUT2D eigenvalue weighted by molar-refractivity contribution is 5.89. The van der Waals surface area contributed by atoms with E-state index in [0.29, 0.717) is 18.6 Å². The van der Waals surface area contributed by atoms with Crippen LogP contribution < -0.4 is 0 Å². The molecule has 24 heavy (non-hydrogen) atoms. The Morgan fingerprint density at radius 2 is 1.58 bits per heavy atom. The standard InChI is InChI=1S/C18H24F4O2/c1-2-3-4-5-6-7-8-9-12-24-17(23)14-10-11-16(19)15(13-14)18(20,21)22/h10-11,13H,2-9,12H2,1H3. The minimum absolute atomic E-state index is 0.159. The first-order chi connectivity index (χ1) is 11.4. The molecule has 0 aliphatic carbocycles. The number of carbonyl (C=O) groups is 1. The molecule has 0 saturated heterocycles. The molecule has 0 heterocycles. The van der Waals surface area contributed by atoms with Crippen LogP contribution in [0.1, 0.15) is 74.2 Å². The quantitative estimate of drug-likeness (QED) is 0.288. The molecule has 0 aliphatic heterocycles. The van der Waals surface area contributed by atoms with Crippen LogP contribution in [0, 0.1) is 5.82 Å². The molecule has 0 fully saturated rings. The minimum Gasteiger partial charge on any atom is -0.462 e. The van der Waals surface area contributed by atoms with Crippen molar-refractivity contribution in [3.05, 3.63) is 35.1 Å². The zero-order chi connectivity index (χ0) is 18.0. The topological polar surface area (TPSA) is 26.3 Å². The second-order valence-electron chi connectivity index (χ2n) is 5.80. The van der Waals surface area contributed by atoms with E-state index in [2.05, 4.69) is 6.92 Å². The second-order valence-corrected chi connectivity index (χ2v) is 5.80. The van der Waals surface area contributed by atoms with Crippen LogP contribution in [-0.4, -0.2) is 12.6 Å². The van der Waals surface area contributed by atoms with Crippen LogP contribution in [-0.2, 0) is 10.9 Å². The summed E-state index contributed by atoms with van der Waals surface area (Å²) in [4.78, 5) is 11.7. The third kappa shape index (κ3) is 7.32. The Morgan fingerprint density at radius 3 is 2.17 bits per heavy atom. The first-order valence-corrected chi connectivity index (χ1v) is 8.40. The van der Waals surface area contributed by atoms with E-state index >= 15 is 0 Å². The van der Waals surface area contributed by atoms with Crippen molar-refractivity contribution in [2.24, 2.45) is 0 Å². The van der Waals surface area contributed by atoms with Crippen LogP contribution in [0.25, 0.3) is 0 Å². The molecule has 2 nitrogen and oxygen atoms in total. The number of benzene rings is 1. The number of alkyl halides is 3. The molecular weight excluding hydrogens is 324 g/mol. The van der Waals surface area contributed by atoms with Gasteiger partial charge < -0.3 is 4.74 Å². The predicted octanol–water partition coefficient (Wildman–Crippen LogP) is 6.14. The molecule has 0 aliphatic rings. The predicted molar refractivity (Wildman–Crippen MR) is 84.3 cm³/mol. The monoisotopic (exact) mass is 348 g/mol. The van der Waals surface area contributed by atoms with E-state index in [1.54, 1.807) is 0 Å². The summed E-state index contributed by atoms with van der Waals surface area (Å²) < 4.78 is 55.9. The first-order valence-electron chi connectivity index (χ1n) is 8.40. The maximum absolute atomic E-state index is 13.2. The fraction of sp³-hybridized carbons (Fsp3) is 0.611. The molecule has 6 heteroatoms. The second kappa shape index (κ2) is 10.3. The number of ether oxygens (including phenoxy) is 1. The summed E-state index contributed by atoms with van der Waals surface area (Å²) in [6.07, 6.45) is 3.82. The molecule has 0 radical (unpaired) electrons. The molecule has 1 aromatic rings. The third-order valence-electron chi connectivity index (χ3n) is 3.74. The highest BCUT2D eigenvalue weighted by Crippen LogP contribution is 2.32. The average molecular weight is 348 g/mol. The van der Waals surface area contributed by atoms with E-state index in [1.807, 2.05) is 0 Å². The van der Waals surface area contributed by atoms with Gasteiger partial charge in [0.2, 0.25) is 0 Å². The lowest BCUT2D eigenvalue weighted by molar-refractivity contribution is -0.140. The lowest BCUT2D eigenvalue weighted by atomic mass is 10.1. The van der Waals surface area contributed by atoms with E-state index in [1.165, 1.54) is 25.7 Å². The normalized spacial score (nSPS) is 11.5. The molecule has 0 aromatic heterocycles. The van der Waals surface area contributed by atoms with Gasteiger partial charge in [-0.25, -0.2) is 9.18 Å². The molecular formula is C18H24F4O2. The Labute approximate surface area is 140 Å². The molecule has 0 unspecified atom stereocenters. The Bertz CT molecular complexity index is 512. The lowest BCUT2D eigenvalue weighted by Gasteiger charge is -2.10. The van der Waals surface area contributed by atoms with Gasteiger partial charge in [-0.05, 0) is 24.6 Å². The average Bonchev–Trinajstić information content (AvgIpc) is 2.52. The molecule has 1 rings (SSSR count). The number of hydrogen-bond acceptors (Lipinski definition) is 2. The summed E-state index contributed by atoms with van der Waals surface area (Å²) in [5.41, 5.74) is -1.74. The maximum atomic E-state index is 13.2. The highest BCUT2D eigenvalue weighted by Gasteiger charge is 2.34. The number of halogens is 4. The van der Waals surface area contributed by atoms with Crippen LogP contribution in [0.2, 0.25) is 0 Å². The third-order valence-corrected chi connectivity index (χ3v) is 3.74. The van der Waals surface area contributed by atoms with Crippen molar-refractivity contribution in [3.8, 4) is 0 Å². The Morgan fingerprint density at radius 1 is 1.00 bits per heavy atom. The summed E-state index contributed by atoms with van der Waals surface area (Å²) in [6.45, 7) is 2.32. The largest absolute Gasteiger partial charge is 0.462 e. The van der Waals surface area contributed by atoms with Crippen LogP contribution in [0.3, 0.4) is 0 Å². The number of esters is 1. The van der Waals surface area contributed by atoms with Crippen LogP contribution in [0.5, 0.6) is 0 Å². The van der Waals surface area contributed by atoms with Crippen molar-refractivity contribution in [2.45, 2.75) is 64.5 Å². The summed E-state index contributed by atoms with van der Waals surface area (Å²) in [5, 5.41) is 0. The van der Waals surface area contributed by atoms with Crippen molar-refractivity contribution >= 4 is 5.97 Å². The smallest absolute Gasteiger partial charge is 0.419 e. The fourth-order valence-corrected chi connectivity index (χ4v) is 2.35. The number of carbonyl (C=O) groups excluding carboxylic acids is 1. The van der Waals surface area contributed by atoms with Gasteiger partial charge in [-0.2, -0.15) is 13.2 Å². The molecule has 1 aromatic carbocycles. The van der Waals surface area contributed by atoms with Crippen molar-refractivity contribution in [1.82, 2.24) is 0 Å². The van der Waals surface area contributed by atoms with E-state index in [-0.39, 0.29) is 12.2 Å². The zero-order valence-corrected chi connectivity index (χ0v) is 13.9. The molecule has 0 amide bonds.